The van der Waals surface area contributed by atoms with Crippen LogP contribution in [0.2, 0.25) is 0 Å². The van der Waals surface area contributed by atoms with Crippen LogP contribution in [0.3, 0.4) is 0 Å². The fraction of sp³-hybridized carbons (Fsp3) is 0.0909. The molecule has 0 aromatic heterocycles. The Balaban J connectivity index is 0.00000162. The van der Waals surface area contributed by atoms with Crippen molar-refractivity contribution < 1.29 is 47.6 Å². The molecule has 0 unspecified atom stereocenters. The van der Waals surface area contributed by atoms with Gasteiger partial charge >= 0.3 is 29.6 Å². The fourth-order valence-corrected chi connectivity index (χ4v) is 2.15. The fourth-order valence-electron chi connectivity index (χ4n) is 1.62. The maximum atomic E-state index is 10.9. The van der Waals surface area contributed by atoms with Crippen LogP contribution in [0.15, 0.2) is 35.2 Å². The van der Waals surface area contributed by atoms with Gasteiger partial charge in [0.15, 0.2) is 0 Å². The van der Waals surface area contributed by atoms with Crippen LogP contribution >= 0.6 is 0 Å². The van der Waals surface area contributed by atoms with E-state index in [9.17, 15) is 18.1 Å². The second-order valence-electron chi connectivity index (χ2n) is 3.58. The van der Waals surface area contributed by atoms with Gasteiger partial charge in [-0.05, 0) is 35.7 Å². The zero-order chi connectivity index (χ0) is 12.6. The van der Waals surface area contributed by atoms with E-state index in [0.717, 1.165) is 11.8 Å². The van der Waals surface area contributed by atoms with E-state index < -0.39 is 15.0 Å². The normalized spacial score (nSPS) is 11.0. The van der Waals surface area contributed by atoms with Gasteiger partial charge in [0, 0.05) is 18.1 Å². The number of anilines is 1. The van der Waals surface area contributed by atoms with Crippen molar-refractivity contribution in [3.63, 3.8) is 0 Å². The van der Waals surface area contributed by atoms with Gasteiger partial charge in [-0.1, -0.05) is 0 Å². The quantitative estimate of drug-likeness (QED) is 0.514. The number of hydrogen-bond acceptors (Lipinski definition) is 5. The average molecular weight is 275 g/mol. The molecule has 2 rings (SSSR count). The third-order valence-electron chi connectivity index (χ3n) is 2.48. The van der Waals surface area contributed by atoms with Crippen molar-refractivity contribution in [2.45, 2.75) is 4.90 Å². The number of benzene rings is 2. The molecule has 7 heteroatoms. The average Bonchev–Trinajstić information content (AvgIpc) is 2.27. The smallest absolute Gasteiger partial charge is 0.744 e. The van der Waals surface area contributed by atoms with Gasteiger partial charge in [0.2, 0.25) is 0 Å². The first kappa shape index (κ1) is 15.3. The van der Waals surface area contributed by atoms with Gasteiger partial charge in [-0.2, -0.15) is 0 Å². The van der Waals surface area contributed by atoms with Crippen LogP contribution in [0.25, 0.3) is 10.8 Å². The molecule has 0 bridgehead atoms. The summed E-state index contributed by atoms with van der Waals surface area (Å²) in [7, 11) is -2.85. The second-order valence-corrected chi connectivity index (χ2v) is 4.96. The van der Waals surface area contributed by atoms with E-state index in [1.54, 1.807) is 25.2 Å². The molecule has 5 nitrogen and oxygen atoms in total. The topological polar surface area (TPSA) is 89.5 Å². The van der Waals surface area contributed by atoms with Crippen molar-refractivity contribution in [3.05, 3.63) is 30.3 Å². The Morgan fingerprint density at radius 3 is 2.44 bits per heavy atom. The summed E-state index contributed by atoms with van der Waals surface area (Å²) < 4.78 is 32.7. The van der Waals surface area contributed by atoms with Gasteiger partial charge in [-0.3, -0.25) is 0 Å². The first-order valence-electron chi connectivity index (χ1n) is 4.82. The predicted molar refractivity (Wildman–Crippen MR) is 63.1 cm³/mol. The molecule has 90 valence electrons. The summed E-state index contributed by atoms with van der Waals surface area (Å²) in [5, 5.41) is 13.5. The third kappa shape index (κ3) is 2.96. The van der Waals surface area contributed by atoms with Crippen LogP contribution in [0.4, 0.5) is 5.69 Å². The summed E-state index contributed by atoms with van der Waals surface area (Å²) in [6, 6.07) is 7.26. The molecular weight excluding hydrogens is 265 g/mol. The van der Waals surface area contributed by atoms with Crippen molar-refractivity contribution in [1.82, 2.24) is 0 Å². The summed E-state index contributed by atoms with van der Waals surface area (Å²) in [5.41, 5.74) is 0.761. The molecule has 0 amide bonds. The molecule has 0 aliphatic rings. The van der Waals surface area contributed by atoms with E-state index in [1.807, 2.05) is 0 Å². The third-order valence-corrected chi connectivity index (χ3v) is 3.29. The summed E-state index contributed by atoms with van der Waals surface area (Å²) in [6.07, 6.45) is 0. The molecule has 0 aliphatic heterocycles. The molecule has 0 radical (unpaired) electrons. The van der Waals surface area contributed by atoms with Crippen molar-refractivity contribution in [2.24, 2.45) is 0 Å². The molecule has 0 aliphatic carbocycles. The van der Waals surface area contributed by atoms with Crippen LogP contribution in [0.5, 0.6) is 5.75 Å². The van der Waals surface area contributed by atoms with Gasteiger partial charge < -0.3 is 15.0 Å². The van der Waals surface area contributed by atoms with Crippen molar-refractivity contribution in [1.29, 1.82) is 0 Å². The first-order chi connectivity index (χ1) is 7.91. The summed E-state index contributed by atoms with van der Waals surface area (Å²) in [5.74, 6) is -0.223. The number of hydrogen-bond donors (Lipinski definition) is 2. The number of fused-ring (bicyclic) bond motifs is 1. The van der Waals surface area contributed by atoms with E-state index in [-0.39, 0.29) is 35.3 Å². The van der Waals surface area contributed by atoms with E-state index in [2.05, 4.69) is 5.32 Å². The first-order valence-corrected chi connectivity index (χ1v) is 6.23. The summed E-state index contributed by atoms with van der Waals surface area (Å²) in [6.45, 7) is 0. The Hall–Kier alpha value is -0.790. The van der Waals surface area contributed by atoms with Crippen molar-refractivity contribution >= 4 is 26.6 Å². The zero-order valence-corrected chi connectivity index (χ0v) is 12.8. The molecular formula is C11H10NNaO4S. The Kier molecular flexibility index (Phi) is 4.63. The summed E-state index contributed by atoms with van der Waals surface area (Å²) in [4.78, 5) is -0.434. The Bertz CT molecular complexity index is 685. The van der Waals surface area contributed by atoms with Crippen LogP contribution in [0.1, 0.15) is 0 Å². The van der Waals surface area contributed by atoms with Gasteiger partial charge in [-0.25, -0.2) is 8.42 Å². The minimum atomic E-state index is -4.57. The van der Waals surface area contributed by atoms with Gasteiger partial charge in [0.05, 0.1) is 4.90 Å². The van der Waals surface area contributed by atoms with Crippen molar-refractivity contribution in [3.8, 4) is 5.75 Å². The predicted octanol–water partition coefficient (Wildman–Crippen LogP) is -1.50. The number of phenolic OH excluding ortho intramolecular Hbond substituents is 1. The molecule has 2 aromatic carbocycles. The minimum Gasteiger partial charge on any atom is -0.744 e. The molecule has 18 heavy (non-hydrogen) atoms. The van der Waals surface area contributed by atoms with Crippen LogP contribution in [0, 0.1) is 0 Å². The molecule has 0 saturated carbocycles. The zero-order valence-electron chi connectivity index (χ0n) is 9.97. The molecule has 2 N–H and O–H groups in total. The van der Waals surface area contributed by atoms with Crippen molar-refractivity contribution in [2.75, 3.05) is 12.4 Å². The van der Waals surface area contributed by atoms with Crippen LogP contribution in [-0.4, -0.2) is 25.1 Å². The molecule has 0 atom stereocenters. The standard InChI is InChI=1S/C11H11NO4S.Na/c1-12-8-2-3-10-7(4-8)5-9(6-11(10)13)17(14,15)16;/h2-6,12-13H,1H3,(H,14,15,16);/q;+1/p-1. The van der Waals surface area contributed by atoms with E-state index >= 15 is 0 Å². The number of phenols is 1. The summed E-state index contributed by atoms with van der Waals surface area (Å²) >= 11 is 0. The molecule has 2 aromatic rings. The molecule has 0 fully saturated rings. The maximum absolute atomic E-state index is 10.9. The Morgan fingerprint density at radius 2 is 1.89 bits per heavy atom. The molecule has 0 spiro atoms. The Morgan fingerprint density at radius 1 is 1.22 bits per heavy atom. The van der Waals surface area contributed by atoms with Gasteiger partial charge in [-0.15, -0.1) is 0 Å². The number of nitrogens with one attached hydrogen (secondary N) is 1. The molecule has 0 heterocycles. The van der Waals surface area contributed by atoms with E-state index in [1.165, 1.54) is 6.07 Å². The largest absolute Gasteiger partial charge is 1.00 e. The van der Waals surface area contributed by atoms with Crippen LogP contribution < -0.4 is 34.9 Å². The van der Waals surface area contributed by atoms with Gasteiger partial charge in [0.25, 0.3) is 0 Å². The number of rotatable bonds is 2. The Labute approximate surface area is 127 Å². The SMILES string of the molecule is CNc1ccc2c(O)cc(S(=O)(=O)[O-])cc2c1.[Na+]. The minimum absolute atomic E-state index is 0. The number of aromatic hydroxyl groups is 1. The van der Waals surface area contributed by atoms with Crippen LogP contribution in [-0.2, 0) is 10.1 Å². The van der Waals surface area contributed by atoms with E-state index in [4.69, 9.17) is 0 Å². The second kappa shape index (κ2) is 5.46. The maximum Gasteiger partial charge on any atom is 1.00 e. The molecule has 0 saturated heterocycles. The van der Waals surface area contributed by atoms with Gasteiger partial charge in [0.1, 0.15) is 15.9 Å². The monoisotopic (exact) mass is 275 g/mol. The van der Waals surface area contributed by atoms with E-state index in [0.29, 0.717) is 10.8 Å².